The molecule has 0 unspecified atom stereocenters. The first-order chi connectivity index (χ1) is 30.7. The highest BCUT2D eigenvalue weighted by Gasteiger charge is 2.35. The molecule has 1 saturated heterocycles. The van der Waals surface area contributed by atoms with Crippen LogP contribution in [0.1, 0.15) is 97.0 Å². The van der Waals surface area contributed by atoms with Crippen molar-refractivity contribution in [2.75, 3.05) is 26.2 Å². The van der Waals surface area contributed by atoms with Crippen LogP contribution in [0.15, 0.2) is 35.3 Å². The smallest absolute Gasteiger partial charge is 0.243 e. The number of benzene rings is 1. The summed E-state index contributed by atoms with van der Waals surface area (Å²) in [6.45, 7) is 2.99. The third kappa shape index (κ3) is 21.1. The lowest BCUT2D eigenvalue weighted by molar-refractivity contribution is -0.137. The van der Waals surface area contributed by atoms with Gasteiger partial charge in [0.1, 0.15) is 41.3 Å². The largest absolute Gasteiger partial charge is 0.393 e. The number of hydrogen-bond acceptors (Lipinski definition) is 14. The molecule has 8 atom stereocenters. The van der Waals surface area contributed by atoms with Crippen LogP contribution in [-0.2, 0) is 54.4 Å². The lowest BCUT2D eigenvalue weighted by Gasteiger charge is -2.26. The molecule has 21 heteroatoms. The average molecular weight is 914 g/mol. The Morgan fingerprint density at radius 1 is 0.862 bits per heavy atom. The number of nitrogens with two attached hydrogens (primary N) is 3. The zero-order chi connectivity index (χ0) is 48.6. The van der Waals surface area contributed by atoms with Crippen molar-refractivity contribution in [3.8, 4) is 0 Å². The Kier molecular flexibility index (Phi) is 24.4. The lowest BCUT2D eigenvalue weighted by atomic mass is 9.81. The van der Waals surface area contributed by atoms with E-state index in [1.165, 1.54) is 20.8 Å². The van der Waals surface area contributed by atoms with Gasteiger partial charge in [-0.3, -0.25) is 52.9 Å². The number of aliphatic hydroxyl groups excluding tert-OH is 2. The molecule has 0 radical (unpaired) electrons. The number of hydrogen-bond donors (Lipinski definition) is 10. The van der Waals surface area contributed by atoms with Gasteiger partial charge in [0, 0.05) is 69.9 Å². The molecule has 0 aromatic heterocycles. The third-order valence-electron chi connectivity index (χ3n) is 11.0. The quantitative estimate of drug-likeness (QED) is 0.0456. The van der Waals surface area contributed by atoms with Crippen molar-refractivity contribution in [1.82, 2.24) is 26.6 Å². The Morgan fingerprint density at radius 2 is 1.54 bits per heavy atom. The molecule has 1 aromatic carbocycles. The van der Waals surface area contributed by atoms with Crippen molar-refractivity contribution < 1.29 is 58.2 Å². The molecule has 1 fully saturated rings. The minimum Gasteiger partial charge on any atom is -0.393 e. The second kappa shape index (κ2) is 28.8. The maximum Gasteiger partial charge on any atom is 0.243 e. The fraction of sp³-hybridized carbons (Fsp3) is 0.614. The van der Waals surface area contributed by atoms with E-state index in [-0.39, 0.29) is 82.7 Å². The number of aliphatic hydroxyl groups is 2. The maximum atomic E-state index is 14.0. The second-order valence-corrected chi connectivity index (χ2v) is 16.5. The van der Waals surface area contributed by atoms with E-state index in [4.69, 9.17) is 17.2 Å². The zero-order valence-corrected chi connectivity index (χ0v) is 37.5. The van der Waals surface area contributed by atoms with Crippen molar-refractivity contribution >= 4 is 64.4 Å². The third-order valence-corrected chi connectivity index (χ3v) is 11.0. The highest BCUT2D eigenvalue weighted by molar-refractivity contribution is 5.98. The minimum atomic E-state index is -1.39. The van der Waals surface area contributed by atoms with E-state index < -0.39 is 133 Å². The molecule has 0 spiro atoms. The van der Waals surface area contributed by atoms with Crippen LogP contribution in [0.3, 0.4) is 0 Å². The van der Waals surface area contributed by atoms with Gasteiger partial charge in [-0.1, -0.05) is 30.3 Å². The SMILES string of the molecule is CC(=O)[C@@H](CC(=O)[C@@H]1CC(=O)NCCCC[C@H](NC(=O)CCC(=O)CN)C(=O)N[C@@H](CCCN=C(N)N)C(=O)N[C@@H](Cc2ccccc2)C(=O)NCC(=O)C[C@@H]([C@@H](C)O)C(=O)C1)[C@@H](C)O. The summed E-state index contributed by atoms with van der Waals surface area (Å²) in [5.41, 5.74) is 17.0. The molecule has 13 N–H and O–H groups in total. The number of carbonyl (C=O) groups excluding carboxylic acids is 10. The predicted octanol–water partition coefficient (Wildman–Crippen LogP) is -2.07. The number of nitrogens with zero attached hydrogens (tertiary/aromatic N) is 1. The van der Waals surface area contributed by atoms with Crippen LogP contribution in [0.25, 0.3) is 0 Å². The molecule has 65 heavy (non-hydrogen) atoms. The van der Waals surface area contributed by atoms with E-state index in [2.05, 4.69) is 31.6 Å². The molecule has 1 aliphatic heterocycles. The molecule has 1 heterocycles. The van der Waals surface area contributed by atoms with E-state index in [0.29, 0.717) is 5.56 Å². The molecular formula is C44H67N9O12. The molecule has 1 aliphatic rings. The monoisotopic (exact) mass is 913 g/mol. The molecule has 360 valence electrons. The van der Waals surface area contributed by atoms with Gasteiger partial charge in [-0.2, -0.15) is 0 Å². The highest BCUT2D eigenvalue weighted by atomic mass is 16.3. The first-order valence-corrected chi connectivity index (χ1v) is 21.9. The van der Waals surface area contributed by atoms with E-state index in [1.54, 1.807) is 30.3 Å². The second-order valence-electron chi connectivity index (χ2n) is 16.5. The van der Waals surface area contributed by atoms with Crippen molar-refractivity contribution in [1.29, 1.82) is 0 Å². The number of nitrogens with one attached hydrogen (secondary N) is 5. The molecule has 21 nitrogen and oxygen atoms in total. The number of carbonyl (C=O) groups is 10. The van der Waals surface area contributed by atoms with Gasteiger partial charge in [0.2, 0.25) is 29.5 Å². The van der Waals surface area contributed by atoms with Crippen molar-refractivity contribution in [3.63, 3.8) is 0 Å². The van der Waals surface area contributed by atoms with Gasteiger partial charge < -0.3 is 54.0 Å². The number of amides is 5. The number of ketones is 5. The summed E-state index contributed by atoms with van der Waals surface area (Å²) in [6, 6.07) is 4.75. The standard InChI is InChI=1S/C44H67N9O12/c1-25(54)32(26(2)55)22-37(59)29-19-38(60)33(27(3)56)21-31(58)24-50-41(63)36(18-28-10-5-4-6-11-28)53-43(65)35(13-9-17-49-44(46)47)52-42(64)34(12-7-8-16-48-40(62)20-29)51-39(61)15-14-30(57)23-45/h4-6,10-11,25,27,29,32-36,54,56H,7-9,12-24,45H2,1-3H3,(H,48,62)(H,50,63)(H,51,61)(H,52,64)(H,53,65)(H4,46,47,49)/t25-,27-,29+,32+,33+,34+,35+,36+/m1/s1. The molecule has 2 rings (SSSR count). The number of Topliss-reactive ketones (excluding diaryl/α,β-unsaturated/α-hetero) is 5. The van der Waals surface area contributed by atoms with E-state index >= 15 is 0 Å². The van der Waals surface area contributed by atoms with Crippen LogP contribution in [0.4, 0.5) is 0 Å². The number of aliphatic imine (C=N–C) groups is 1. The molecule has 1 aromatic rings. The normalized spacial score (nSPS) is 22.7. The Balaban J connectivity index is 2.57. The fourth-order valence-electron chi connectivity index (χ4n) is 7.17. The number of rotatable bonds is 17. The molecule has 0 bridgehead atoms. The van der Waals surface area contributed by atoms with Crippen LogP contribution in [0.2, 0.25) is 0 Å². The Bertz CT molecular complexity index is 1850. The summed E-state index contributed by atoms with van der Waals surface area (Å²) in [4.78, 5) is 137. The van der Waals surface area contributed by atoms with E-state index in [9.17, 15) is 58.2 Å². The van der Waals surface area contributed by atoms with Gasteiger partial charge >= 0.3 is 0 Å². The van der Waals surface area contributed by atoms with Crippen LogP contribution >= 0.6 is 0 Å². The van der Waals surface area contributed by atoms with Crippen molar-refractivity contribution in [3.05, 3.63) is 35.9 Å². The number of guanidine groups is 1. The van der Waals surface area contributed by atoms with Crippen molar-refractivity contribution in [2.24, 2.45) is 39.9 Å². The predicted molar refractivity (Wildman–Crippen MR) is 237 cm³/mol. The van der Waals surface area contributed by atoms with Gasteiger partial charge in [0.15, 0.2) is 11.7 Å². The van der Waals surface area contributed by atoms with Gasteiger partial charge in [-0.05, 0) is 58.4 Å². The Hall–Kier alpha value is -5.93. The summed E-state index contributed by atoms with van der Waals surface area (Å²) in [5.74, 6) is -10.6. The summed E-state index contributed by atoms with van der Waals surface area (Å²) in [5, 5.41) is 33.9. The molecular weight excluding hydrogens is 847 g/mol. The van der Waals surface area contributed by atoms with Gasteiger partial charge in [0.05, 0.1) is 31.2 Å². The summed E-state index contributed by atoms with van der Waals surface area (Å²) < 4.78 is 0. The lowest BCUT2D eigenvalue weighted by Crippen LogP contribution is -2.57. The topological polar surface area (TPSA) is 362 Å². The summed E-state index contributed by atoms with van der Waals surface area (Å²) in [7, 11) is 0. The molecule has 5 amide bonds. The Labute approximate surface area is 378 Å². The Morgan fingerprint density at radius 3 is 2.15 bits per heavy atom. The molecule has 0 aliphatic carbocycles. The first kappa shape index (κ1) is 55.2. The highest BCUT2D eigenvalue weighted by Crippen LogP contribution is 2.24. The summed E-state index contributed by atoms with van der Waals surface area (Å²) >= 11 is 0. The van der Waals surface area contributed by atoms with E-state index in [0.717, 1.165) is 0 Å². The van der Waals surface area contributed by atoms with Crippen LogP contribution in [0.5, 0.6) is 0 Å². The van der Waals surface area contributed by atoms with Gasteiger partial charge in [-0.15, -0.1) is 0 Å². The van der Waals surface area contributed by atoms with Crippen LogP contribution in [-0.4, -0.2) is 131 Å². The van der Waals surface area contributed by atoms with Crippen molar-refractivity contribution in [2.45, 2.75) is 128 Å². The fourth-order valence-corrected chi connectivity index (χ4v) is 7.17. The average Bonchev–Trinajstić information content (AvgIpc) is 3.24. The zero-order valence-electron chi connectivity index (χ0n) is 37.5. The van der Waals surface area contributed by atoms with Crippen LogP contribution < -0.4 is 43.8 Å². The molecule has 0 saturated carbocycles. The van der Waals surface area contributed by atoms with Gasteiger partial charge in [-0.25, -0.2) is 0 Å². The first-order valence-electron chi connectivity index (χ1n) is 21.9. The van der Waals surface area contributed by atoms with Gasteiger partial charge in [0.25, 0.3) is 0 Å². The van der Waals surface area contributed by atoms with E-state index in [1.807, 2.05) is 0 Å². The van der Waals surface area contributed by atoms with Crippen LogP contribution in [0, 0.1) is 17.8 Å². The maximum absolute atomic E-state index is 14.0. The minimum absolute atomic E-state index is 0.00416. The summed E-state index contributed by atoms with van der Waals surface area (Å²) in [6.07, 6.45) is -4.64.